The molecule has 0 spiro atoms. The van der Waals surface area contributed by atoms with E-state index in [1.807, 2.05) is 0 Å². The summed E-state index contributed by atoms with van der Waals surface area (Å²) in [6.07, 6.45) is 3.64. The molecular weight excluding hydrogens is 206 g/mol. The molecule has 0 aromatic heterocycles. The van der Waals surface area contributed by atoms with E-state index >= 15 is 0 Å². The number of hydrogen-bond donors (Lipinski definition) is 1. The molecule has 0 aromatic carbocycles. The predicted molar refractivity (Wildman–Crippen MR) is 61.4 cm³/mol. The van der Waals surface area contributed by atoms with Crippen LogP contribution in [0.15, 0.2) is 0 Å². The Morgan fingerprint density at radius 3 is 2.62 bits per heavy atom. The summed E-state index contributed by atoms with van der Waals surface area (Å²) in [5.74, 6) is 0.533. The monoisotopic (exact) mass is 229 g/mol. The Kier molecular flexibility index (Phi) is 5.03. The predicted octanol–water partition coefficient (Wildman–Crippen LogP) is 0.496. The van der Waals surface area contributed by atoms with Gasteiger partial charge in [0.25, 0.3) is 0 Å². The van der Waals surface area contributed by atoms with Crippen molar-refractivity contribution in [2.75, 3.05) is 46.1 Å². The normalized spacial score (nSPS) is 29.4. The van der Waals surface area contributed by atoms with Gasteiger partial charge < -0.3 is 19.5 Å². The zero-order valence-electron chi connectivity index (χ0n) is 9.94. The first-order chi connectivity index (χ1) is 7.88. The van der Waals surface area contributed by atoms with E-state index in [0.29, 0.717) is 18.6 Å². The van der Waals surface area contributed by atoms with Crippen molar-refractivity contribution in [2.45, 2.75) is 25.4 Å². The van der Waals surface area contributed by atoms with Crippen LogP contribution in [0.25, 0.3) is 0 Å². The molecule has 0 radical (unpaired) electrons. The summed E-state index contributed by atoms with van der Waals surface area (Å²) in [6.45, 7) is 5.96. The van der Waals surface area contributed by atoms with Crippen LogP contribution in [0.5, 0.6) is 0 Å². The van der Waals surface area contributed by atoms with Crippen LogP contribution in [0.2, 0.25) is 0 Å². The molecule has 16 heavy (non-hydrogen) atoms. The first-order valence-corrected chi connectivity index (χ1v) is 6.41. The Balaban J connectivity index is 1.59. The maximum atomic E-state index is 9.06. The smallest absolute Gasteiger partial charge is 0.0821 e. The Labute approximate surface area is 97.5 Å². The third kappa shape index (κ3) is 3.70. The molecule has 0 amide bonds. The summed E-state index contributed by atoms with van der Waals surface area (Å²) in [4.78, 5) is 2.48. The molecule has 2 heterocycles. The van der Waals surface area contributed by atoms with Crippen molar-refractivity contribution in [3.05, 3.63) is 0 Å². The fourth-order valence-electron chi connectivity index (χ4n) is 2.42. The van der Waals surface area contributed by atoms with Crippen molar-refractivity contribution in [1.29, 1.82) is 0 Å². The maximum absolute atomic E-state index is 9.06. The van der Waals surface area contributed by atoms with Crippen molar-refractivity contribution in [3.8, 4) is 0 Å². The minimum atomic E-state index is 0.296. The van der Waals surface area contributed by atoms with Crippen molar-refractivity contribution in [1.82, 2.24) is 4.90 Å². The van der Waals surface area contributed by atoms with Gasteiger partial charge in [-0.15, -0.1) is 0 Å². The zero-order valence-corrected chi connectivity index (χ0v) is 9.94. The lowest BCUT2D eigenvalue weighted by Crippen LogP contribution is -2.38. The SMILES string of the molecule is OCC1CCN(CCC2COCCO2)CC1. The molecule has 1 N–H and O–H groups in total. The summed E-state index contributed by atoms with van der Waals surface area (Å²) in [5.41, 5.74) is 0. The Hall–Kier alpha value is -0.160. The van der Waals surface area contributed by atoms with E-state index < -0.39 is 0 Å². The van der Waals surface area contributed by atoms with Crippen molar-refractivity contribution < 1.29 is 14.6 Å². The number of likely N-dealkylation sites (tertiary alicyclic amines) is 1. The number of piperidine rings is 1. The van der Waals surface area contributed by atoms with E-state index in [9.17, 15) is 0 Å². The molecule has 1 atom stereocenters. The zero-order chi connectivity index (χ0) is 11.2. The van der Waals surface area contributed by atoms with Crippen LogP contribution >= 0.6 is 0 Å². The highest BCUT2D eigenvalue weighted by molar-refractivity contribution is 4.73. The Morgan fingerprint density at radius 2 is 2.00 bits per heavy atom. The summed E-state index contributed by atoms with van der Waals surface area (Å²) in [7, 11) is 0. The molecule has 0 bridgehead atoms. The second-order valence-electron chi connectivity index (χ2n) is 4.82. The number of aliphatic hydroxyl groups is 1. The van der Waals surface area contributed by atoms with Crippen LogP contribution in [0.1, 0.15) is 19.3 Å². The first kappa shape index (κ1) is 12.3. The number of hydrogen-bond acceptors (Lipinski definition) is 4. The van der Waals surface area contributed by atoms with Crippen molar-refractivity contribution in [3.63, 3.8) is 0 Å². The molecule has 2 rings (SSSR count). The molecule has 0 aromatic rings. The summed E-state index contributed by atoms with van der Waals surface area (Å²) >= 11 is 0. The minimum Gasteiger partial charge on any atom is -0.396 e. The van der Waals surface area contributed by atoms with E-state index in [0.717, 1.165) is 58.7 Å². The second kappa shape index (κ2) is 6.55. The van der Waals surface area contributed by atoms with Crippen molar-refractivity contribution in [2.24, 2.45) is 5.92 Å². The van der Waals surface area contributed by atoms with Crippen LogP contribution < -0.4 is 0 Å². The first-order valence-electron chi connectivity index (χ1n) is 6.41. The van der Waals surface area contributed by atoms with Crippen LogP contribution in [0.4, 0.5) is 0 Å². The molecule has 2 aliphatic rings. The largest absolute Gasteiger partial charge is 0.396 e. The standard InChI is InChI=1S/C12H23NO3/c14-9-11-1-4-13(5-2-11)6-3-12-10-15-7-8-16-12/h11-12,14H,1-10H2. The average Bonchev–Trinajstić information content (AvgIpc) is 2.38. The van der Waals surface area contributed by atoms with E-state index in [4.69, 9.17) is 14.6 Å². The van der Waals surface area contributed by atoms with Crippen LogP contribution in [-0.4, -0.2) is 62.2 Å². The fourth-order valence-corrected chi connectivity index (χ4v) is 2.42. The number of nitrogens with zero attached hydrogens (tertiary/aromatic N) is 1. The highest BCUT2D eigenvalue weighted by Crippen LogP contribution is 2.17. The van der Waals surface area contributed by atoms with Gasteiger partial charge in [0.2, 0.25) is 0 Å². The van der Waals surface area contributed by atoms with Gasteiger partial charge in [-0.05, 0) is 38.3 Å². The van der Waals surface area contributed by atoms with Gasteiger partial charge in [0.05, 0.1) is 25.9 Å². The summed E-state index contributed by atoms with van der Waals surface area (Å²) in [5, 5.41) is 9.06. The molecule has 94 valence electrons. The lowest BCUT2D eigenvalue weighted by Gasteiger charge is -2.32. The highest BCUT2D eigenvalue weighted by atomic mass is 16.6. The minimum absolute atomic E-state index is 0.296. The van der Waals surface area contributed by atoms with Gasteiger partial charge in [-0.1, -0.05) is 0 Å². The van der Waals surface area contributed by atoms with E-state index in [1.165, 1.54) is 0 Å². The van der Waals surface area contributed by atoms with Gasteiger partial charge in [0.1, 0.15) is 0 Å². The lowest BCUT2D eigenvalue weighted by atomic mass is 9.98. The number of aliphatic hydroxyl groups excluding tert-OH is 1. The quantitative estimate of drug-likeness (QED) is 0.762. The third-order valence-electron chi connectivity index (χ3n) is 3.62. The Bertz CT molecular complexity index is 187. The van der Waals surface area contributed by atoms with Gasteiger partial charge in [-0.3, -0.25) is 0 Å². The van der Waals surface area contributed by atoms with E-state index in [2.05, 4.69) is 4.90 Å². The van der Waals surface area contributed by atoms with Gasteiger partial charge >= 0.3 is 0 Å². The summed E-state index contributed by atoms with van der Waals surface area (Å²) in [6, 6.07) is 0. The molecular formula is C12H23NO3. The lowest BCUT2D eigenvalue weighted by molar-refractivity contribution is -0.0932. The summed E-state index contributed by atoms with van der Waals surface area (Å²) < 4.78 is 11.0. The molecule has 0 saturated carbocycles. The number of ether oxygens (including phenoxy) is 2. The molecule has 2 fully saturated rings. The molecule has 4 heteroatoms. The van der Waals surface area contributed by atoms with Gasteiger partial charge in [-0.2, -0.15) is 0 Å². The second-order valence-corrected chi connectivity index (χ2v) is 4.82. The fraction of sp³-hybridized carbons (Fsp3) is 1.00. The van der Waals surface area contributed by atoms with E-state index in [1.54, 1.807) is 0 Å². The molecule has 4 nitrogen and oxygen atoms in total. The third-order valence-corrected chi connectivity index (χ3v) is 3.62. The highest BCUT2D eigenvalue weighted by Gasteiger charge is 2.20. The van der Waals surface area contributed by atoms with Gasteiger partial charge in [-0.25, -0.2) is 0 Å². The van der Waals surface area contributed by atoms with E-state index in [-0.39, 0.29) is 0 Å². The van der Waals surface area contributed by atoms with Gasteiger partial charge in [0.15, 0.2) is 0 Å². The number of rotatable bonds is 4. The Morgan fingerprint density at radius 1 is 1.19 bits per heavy atom. The van der Waals surface area contributed by atoms with Crippen LogP contribution in [0, 0.1) is 5.92 Å². The van der Waals surface area contributed by atoms with Crippen LogP contribution in [0.3, 0.4) is 0 Å². The molecule has 2 aliphatic heterocycles. The molecule has 2 saturated heterocycles. The topological polar surface area (TPSA) is 41.9 Å². The molecule has 1 unspecified atom stereocenters. The molecule has 0 aliphatic carbocycles. The van der Waals surface area contributed by atoms with Crippen LogP contribution in [-0.2, 0) is 9.47 Å². The van der Waals surface area contributed by atoms with Crippen molar-refractivity contribution >= 4 is 0 Å². The van der Waals surface area contributed by atoms with Gasteiger partial charge in [0, 0.05) is 13.2 Å². The average molecular weight is 229 g/mol. The maximum Gasteiger partial charge on any atom is 0.0821 e.